The van der Waals surface area contributed by atoms with Crippen LogP contribution in [0.3, 0.4) is 0 Å². The molecule has 122 valence electrons. The van der Waals surface area contributed by atoms with Crippen LogP contribution in [0.5, 0.6) is 0 Å². The molecule has 22 heavy (non-hydrogen) atoms. The van der Waals surface area contributed by atoms with Crippen LogP contribution in [0.2, 0.25) is 0 Å². The summed E-state index contributed by atoms with van der Waals surface area (Å²) in [7, 11) is 0. The van der Waals surface area contributed by atoms with Crippen molar-refractivity contribution in [2.75, 3.05) is 26.2 Å². The molecule has 6 heteroatoms. The van der Waals surface area contributed by atoms with Gasteiger partial charge >= 0.3 is 0 Å². The van der Waals surface area contributed by atoms with Crippen LogP contribution in [0.15, 0.2) is 0 Å². The van der Waals surface area contributed by atoms with Gasteiger partial charge in [-0.3, -0.25) is 14.8 Å². The number of carbonyl (C=O) groups is 1. The first-order valence-corrected chi connectivity index (χ1v) is 8.26. The average Bonchev–Trinajstić information content (AvgIpc) is 3.05. The van der Waals surface area contributed by atoms with Gasteiger partial charge in [0, 0.05) is 24.3 Å². The van der Waals surface area contributed by atoms with Crippen LogP contribution in [0.4, 0.5) is 0 Å². The van der Waals surface area contributed by atoms with Gasteiger partial charge in [-0.2, -0.15) is 5.10 Å². The van der Waals surface area contributed by atoms with E-state index in [1.54, 1.807) is 0 Å². The Kier molecular flexibility index (Phi) is 4.49. The van der Waals surface area contributed by atoms with Gasteiger partial charge in [0.25, 0.3) is 0 Å². The summed E-state index contributed by atoms with van der Waals surface area (Å²) in [6, 6.07) is 0.107. The van der Waals surface area contributed by atoms with E-state index in [4.69, 9.17) is 0 Å². The Morgan fingerprint density at radius 1 is 1.27 bits per heavy atom. The minimum absolute atomic E-state index is 0.0890. The van der Waals surface area contributed by atoms with E-state index in [9.17, 15) is 9.90 Å². The van der Waals surface area contributed by atoms with Crippen LogP contribution in [-0.2, 0) is 11.2 Å². The van der Waals surface area contributed by atoms with Crippen LogP contribution in [-0.4, -0.2) is 69.3 Å². The summed E-state index contributed by atoms with van der Waals surface area (Å²) >= 11 is 0. The van der Waals surface area contributed by atoms with E-state index in [0.717, 1.165) is 30.0 Å². The van der Waals surface area contributed by atoms with Crippen molar-refractivity contribution < 1.29 is 9.90 Å². The van der Waals surface area contributed by atoms with Gasteiger partial charge in [0.1, 0.15) is 0 Å². The summed E-state index contributed by atoms with van der Waals surface area (Å²) in [6.45, 7) is 7.05. The SMILES string of the molecule is Cc1n[nH]c(C)c1CC(=O)N1C[C@H](O)[C@@H](N2CCCCC2)C1. The Morgan fingerprint density at radius 3 is 2.64 bits per heavy atom. The number of likely N-dealkylation sites (tertiary alicyclic amines) is 2. The highest BCUT2D eigenvalue weighted by molar-refractivity contribution is 5.79. The van der Waals surface area contributed by atoms with Gasteiger partial charge in [-0.25, -0.2) is 0 Å². The third-order valence-corrected chi connectivity index (χ3v) is 5.08. The van der Waals surface area contributed by atoms with E-state index in [1.807, 2.05) is 18.7 Å². The molecule has 3 rings (SSSR count). The van der Waals surface area contributed by atoms with Gasteiger partial charge in [0.2, 0.25) is 5.91 Å². The molecule has 2 atom stereocenters. The summed E-state index contributed by atoms with van der Waals surface area (Å²) < 4.78 is 0. The smallest absolute Gasteiger partial charge is 0.227 e. The van der Waals surface area contributed by atoms with Crippen LogP contribution < -0.4 is 0 Å². The van der Waals surface area contributed by atoms with E-state index in [1.165, 1.54) is 19.3 Å². The van der Waals surface area contributed by atoms with Crippen molar-refractivity contribution in [2.45, 2.75) is 51.7 Å². The number of aromatic amines is 1. The Balaban J connectivity index is 1.62. The van der Waals surface area contributed by atoms with Gasteiger partial charge in [0.05, 0.1) is 24.3 Å². The second-order valence-corrected chi connectivity index (χ2v) is 6.62. The number of piperidine rings is 1. The Bertz CT molecular complexity index is 517. The predicted molar refractivity (Wildman–Crippen MR) is 83.6 cm³/mol. The highest BCUT2D eigenvalue weighted by Crippen LogP contribution is 2.22. The molecule has 3 heterocycles. The third-order valence-electron chi connectivity index (χ3n) is 5.08. The number of aryl methyl sites for hydroxylation is 2. The van der Waals surface area contributed by atoms with Crippen LogP contribution in [0, 0.1) is 13.8 Å². The van der Waals surface area contributed by atoms with E-state index >= 15 is 0 Å². The zero-order valence-electron chi connectivity index (χ0n) is 13.5. The fourth-order valence-electron chi connectivity index (χ4n) is 3.68. The number of amides is 1. The van der Waals surface area contributed by atoms with Gasteiger partial charge in [-0.1, -0.05) is 6.42 Å². The molecule has 1 aromatic heterocycles. The first-order chi connectivity index (χ1) is 10.6. The third kappa shape index (κ3) is 3.03. The number of nitrogens with zero attached hydrogens (tertiary/aromatic N) is 3. The minimum Gasteiger partial charge on any atom is -0.390 e. The molecule has 0 saturated carbocycles. The number of hydrogen-bond acceptors (Lipinski definition) is 4. The molecule has 2 N–H and O–H groups in total. The lowest BCUT2D eigenvalue weighted by molar-refractivity contribution is -0.129. The van der Waals surface area contributed by atoms with E-state index in [-0.39, 0.29) is 11.9 Å². The molecule has 0 radical (unpaired) electrons. The number of H-pyrrole nitrogens is 1. The second-order valence-electron chi connectivity index (χ2n) is 6.62. The Labute approximate surface area is 131 Å². The highest BCUT2D eigenvalue weighted by atomic mass is 16.3. The summed E-state index contributed by atoms with van der Waals surface area (Å²) in [5.74, 6) is 0.0890. The maximum atomic E-state index is 12.5. The van der Waals surface area contributed by atoms with E-state index in [0.29, 0.717) is 19.5 Å². The summed E-state index contributed by atoms with van der Waals surface area (Å²) in [5, 5.41) is 17.4. The molecule has 1 aromatic rings. The lowest BCUT2D eigenvalue weighted by Gasteiger charge is -2.33. The standard InChI is InChI=1S/C16H26N4O2/c1-11-13(12(2)18-17-11)8-16(22)20-9-14(15(21)10-20)19-6-4-3-5-7-19/h14-15,21H,3-10H2,1-2H3,(H,17,18)/t14-,15-/m0/s1. The quantitative estimate of drug-likeness (QED) is 0.859. The van der Waals surface area contributed by atoms with Gasteiger partial charge < -0.3 is 10.0 Å². The van der Waals surface area contributed by atoms with Crippen LogP contribution >= 0.6 is 0 Å². The maximum absolute atomic E-state index is 12.5. The van der Waals surface area contributed by atoms with Crippen molar-refractivity contribution in [3.05, 3.63) is 17.0 Å². The first kappa shape index (κ1) is 15.5. The van der Waals surface area contributed by atoms with Crippen molar-refractivity contribution in [3.8, 4) is 0 Å². The predicted octanol–water partition coefficient (Wildman–Crippen LogP) is 0.627. The molecule has 0 aliphatic carbocycles. The summed E-state index contributed by atoms with van der Waals surface area (Å²) in [4.78, 5) is 16.7. The molecular weight excluding hydrogens is 280 g/mol. The fraction of sp³-hybridized carbons (Fsp3) is 0.750. The Hall–Kier alpha value is -1.40. The largest absolute Gasteiger partial charge is 0.390 e. The number of nitrogens with one attached hydrogen (secondary N) is 1. The number of carbonyl (C=O) groups excluding carboxylic acids is 1. The molecule has 2 fully saturated rings. The molecule has 0 unspecified atom stereocenters. The molecule has 0 bridgehead atoms. The van der Waals surface area contributed by atoms with Crippen molar-refractivity contribution in [2.24, 2.45) is 0 Å². The molecule has 2 saturated heterocycles. The molecule has 0 spiro atoms. The van der Waals surface area contributed by atoms with E-state index < -0.39 is 6.10 Å². The first-order valence-electron chi connectivity index (χ1n) is 8.26. The lowest BCUT2D eigenvalue weighted by Crippen LogP contribution is -2.46. The summed E-state index contributed by atoms with van der Waals surface area (Å²) in [5.41, 5.74) is 2.83. The maximum Gasteiger partial charge on any atom is 0.227 e. The summed E-state index contributed by atoms with van der Waals surface area (Å²) in [6.07, 6.45) is 3.62. The average molecular weight is 306 g/mol. The molecular formula is C16H26N4O2. The van der Waals surface area contributed by atoms with Crippen molar-refractivity contribution in [1.82, 2.24) is 20.0 Å². The molecule has 2 aliphatic rings. The van der Waals surface area contributed by atoms with Gasteiger partial charge in [-0.15, -0.1) is 0 Å². The number of hydrogen-bond donors (Lipinski definition) is 2. The molecule has 2 aliphatic heterocycles. The number of β-amino-alcohol motifs (C(OH)–C–C–N with tert-alkyl or cyclic N) is 1. The lowest BCUT2D eigenvalue weighted by atomic mass is 10.1. The second kappa shape index (κ2) is 6.38. The fourth-order valence-corrected chi connectivity index (χ4v) is 3.68. The van der Waals surface area contributed by atoms with Crippen LogP contribution in [0.1, 0.15) is 36.2 Å². The normalized spacial score (nSPS) is 26.6. The van der Waals surface area contributed by atoms with Gasteiger partial charge in [0.15, 0.2) is 0 Å². The number of rotatable bonds is 3. The van der Waals surface area contributed by atoms with Crippen LogP contribution in [0.25, 0.3) is 0 Å². The monoisotopic (exact) mass is 306 g/mol. The number of aromatic nitrogens is 2. The van der Waals surface area contributed by atoms with Crippen molar-refractivity contribution in [3.63, 3.8) is 0 Å². The Morgan fingerprint density at radius 2 is 2.00 bits per heavy atom. The highest BCUT2D eigenvalue weighted by Gasteiger charge is 2.37. The molecule has 0 aromatic carbocycles. The van der Waals surface area contributed by atoms with Gasteiger partial charge in [-0.05, 0) is 39.8 Å². The zero-order chi connectivity index (χ0) is 15.7. The zero-order valence-corrected chi connectivity index (χ0v) is 13.5. The van der Waals surface area contributed by atoms with Crippen molar-refractivity contribution in [1.29, 1.82) is 0 Å². The number of aliphatic hydroxyl groups is 1. The molecule has 6 nitrogen and oxygen atoms in total. The molecule has 1 amide bonds. The van der Waals surface area contributed by atoms with Crippen molar-refractivity contribution >= 4 is 5.91 Å². The van der Waals surface area contributed by atoms with E-state index in [2.05, 4.69) is 15.1 Å². The topological polar surface area (TPSA) is 72.5 Å². The minimum atomic E-state index is -0.423. The number of aliphatic hydroxyl groups excluding tert-OH is 1.